The van der Waals surface area contributed by atoms with E-state index < -0.39 is 0 Å². The fraction of sp³-hybridized carbons (Fsp3) is 0.440. The second-order valence-corrected chi connectivity index (χ2v) is 7.35. The van der Waals surface area contributed by atoms with Crippen LogP contribution in [-0.4, -0.2) is 26.2 Å². The first-order chi connectivity index (χ1) is 14.1. The molecule has 0 saturated heterocycles. The largest absolute Gasteiger partial charge is 0.469 e. The molecule has 0 N–H and O–H groups in total. The number of methoxy groups -OCH3 is 2. The minimum atomic E-state index is -0.162. The zero-order valence-electron chi connectivity index (χ0n) is 17.6. The normalized spacial score (nSPS) is 10.6. The highest BCUT2D eigenvalue weighted by molar-refractivity contribution is 5.69. The van der Waals surface area contributed by atoms with E-state index in [4.69, 9.17) is 0 Å². The van der Waals surface area contributed by atoms with Crippen LogP contribution >= 0.6 is 0 Å². The van der Waals surface area contributed by atoms with Gasteiger partial charge >= 0.3 is 11.9 Å². The summed E-state index contributed by atoms with van der Waals surface area (Å²) in [5.41, 5.74) is 5.05. The lowest BCUT2D eigenvalue weighted by molar-refractivity contribution is -0.141. The molecule has 4 heteroatoms. The number of rotatable bonds is 12. The molecule has 0 aliphatic rings. The van der Waals surface area contributed by atoms with E-state index in [1.165, 1.54) is 55.7 Å². The Balaban J connectivity index is 1.61. The molecule has 0 heterocycles. The summed E-state index contributed by atoms with van der Waals surface area (Å²) in [6, 6.07) is 17.1. The zero-order chi connectivity index (χ0) is 20.9. The van der Waals surface area contributed by atoms with Gasteiger partial charge in [0.2, 0.25) is 0 Å². The Morgan fingerprint density at radius 1 is 0.552 bits per heavy atom. The maximum absolute atomic E-state index is 11.2. The molecule has 0 radical (unpaired) electrons. The third kappa shape index (κ3) is 8.95. The topological polar surface area (TPSA) is 52.6 Å². The van der Waals surface area contributed by atoms with Crippen LogP contribution in [0.3, 0.4) is 0 Å². The molecule has 29 heavy (non-hydrogen) atoms. The Hall–Kier alpha value is -2.62. The molecule has 0 aliphatic heterocycles. The fourth-order valence-electron chi connectivity index (χ4n) is 3.28. The number of carbonyl (C=O) groups excluding carboxylic acids is 2. The second-order valence-electron chi connectivity index (χ2n) is 7.35. The van der Waals surface area contributed by atoms with E-state index in [1.807, 2.05) is 0 Å². The van der Waals surface area contributed by atoms with Crippen molar-refractivity contribution in [1.29, 1.82) is 0 Å². The monoisotopic (exact) mass is 396 g/mol. The molecule has 156 valence electrons. The van der Waals surface area contributed by atoms with Gasteiger partial charge in [-0.25, -0.2) is 0 Å². The van der Waals surface area contributed by atoms with Crippen molar-refractivity contribution in [2.24, 2.45) is 0 Å². The summed E-state index contributed by atoms with van der Waals surface area (Å²) in [6.45, 7) is 0. The minimum absolute atomic E-state index is 0.162. The number of benzene rings is 2. The first-order valence-corrected chi connectivity index (χ1v) is 10.4. The van der Waals surface area contributed by atoms with Crippen LogP contribution in [0.5, 0.6) is 0 Å². The van der Waals surface area contributed by atoms with Crippen molar-refractivity contribution in [2.45, 2.75) is 57.8 Å². The summed E-state index contributed by atoms with van der Waals surface area (Å²) in [6.07, 6.45) is 8.06. The first kappa shape index (κ1) is 22.7. The van der Waals surface area contributed by atoms with E-state index >= 15 is 0 Å². The Labute approximate surface area is 174 Å². The van der Waals surface area contributed by atoms with Gasteiger partial charge in [0.05, 0.1) is 14.2 Å². The van der Waals surface area contributed by atoms with Gasteiger partial charge in [-0.3, -0.25) is 9.59 Å². The molecule has 0 saturated carbocycles. The lowest BCUT2D eigenvalue weighted by Gasteiger charge is -2.06. The van der Waals surface area contributed by atoms with Crippen molar-refractivity contribution >= 4 is 11.9 Å². The van der Waals surface area contributed by atoms with Gasteiger partial charge < -0.3 is 9.47 Å². The average Bonchev–Trinajstić information content (AvgIpc) is 2.77. The number of ether oxygens (including phenoxy) is 2. The Morgan fingerprint density at radius 2 is 0.862 bits per heavy atom. The zero-order valence-corrected chi connectivity index (χ0v) is 17.6. The van der Waals surface area contributed by atoms with Crippen molar-refractivity contribution in [3.05, 3.63) is 70.8 Å². The van der Waals surface area contributed by atoms with Crippen molar-refractivity contribution in [1.82, 2.24) is 0 Å². The molecule has 2 rings (SSSR count). The molecular formula is C25H32O4. The smallest absolute Gasteiger partial charge is 0.305 e. The van der Waals surface area contributed by atoms with Gasteiger partial charge in [0.1, 0.15) is 0 Å². The predicted molar refractivity (Wildman–Crippen MR) is 115 cm³/mol. The van der Waals surface area contributed by atoms with Gasteiger partial charge in [0.15, 0.2) is 0 Å². The molecule has 0 amide bonds. The van der Waals surface area contributed by atoms with E-state index in [9.17, 15) is 9.59 Å². The van der Waals surface area contributed by atoms with E-state index in [1.54, 1.807) is 0 Å². The number of aryl methyl sites for hydroxylation is 4. The van der Waals surface area contributed by atoms with Crippen LogP contribution in [0, 0.1) is 0 Å². The molecule has 2 aromatic carbocycles. The van der Waals surface area contributed by atoms with E-state index in [2.05, 4.69) is 58.0 Å². The molecule has 0 bridgehead atoms. The molecule has 2 aromatic rings. The molecular weight excluding hydrogens is 364 g/mol. The summed E-state index contributed by atoms with van der Waals surface area (Å²) in [5.74, 6) is -0.324. The maximum atomic E-state index is 11.2. The Kier molecular flexibility index (Phi) is 9.98. The summed E-state index contributed by atoms with van der Waals surface area (Å²) >= 11 is 0. The van der Waals surface area contributed by atoms with Crippen LogP contribution in [0.25, 0.3) is 0 Å². The van der Waals surface area contributed by atoms with Gasteiger partial charge in [0, 0.05) is 12.8 Å². The van der Waals surface area contributed by atoms with Gasteiger partial charge in [-0.1, -0.05) is 55.0 Å². The van der Waals surface area contributed by atoms with Crippen LogP contribution in [0.15, 0.2) is 48.5 Å². The molecule has 0 fully saturated rings. The highest BCUT2D eigenvalue weighted by atomic mass is 16.5. The summed E-state index contributed by atoms with van der Waals surface area (Å²) in [4.78, 5) is 22.4. The fourth-order valence-corrected chi connectivity index (χ4v) is 3.28. The third-order valence-corrected chi connectivity index (χ3v) is 5.17. The lowest BCUT2D eigenvalue weighted by atomic mass is 10.0. The van der Waals surface area contributed by atoms with E-state index in [-0.39, 0.29) is 11.9 Å². The highest BCUT2D eigenvalue weighted by Crippen LogP contribution is 2.13. The number of hydrogen-bond acceptors (Lipinski definition) is 4. The predicted octanol–water partition coefficient (Wildman–Crippen LogP) is 4.85. The number of carbonyl (C=O) groups is 2. The summed E-state index contributed by atoms with van der Waals surface area (Å²) in [5, 5.41) is 0. The average molecular weight is 397 g/mol. The second kappa shape index (κ2) is 12.8. The SMILES string of the molecule is COC(=O)CCc1ccc(CCCCCc2ccc(CCC(=O)OC)cc2)cc1. The molecule has 0 aromatic heterocycles. The van der Waals surface area contributed by atoms with Gasteiger partial charge in [-0.15, -0.1) is 0 Å². The van der Waals surface area contributed by atoms with Crippen LogP contribution in [0.2, 0.25) is 0 Å². The van der Waals surface area contributed by atoms with E-state index in [0.29, 0.717) is 12.8 Å². The number of unbranched alkanes of at least 4 members (excludes halogenated alkanes) is 2. The van der Waals surface area contributed by atoms with Crippen molar-refractivity contribution in [3.63, 3.8) is 0 Å². The first-order valence-electron chi connectivity index (χ1n) is 10.4. The van der Waals surface area contributed by atoms with Gasteiger partial charge in [0.25, 0.3) is 0 Å². The Bertz CT molecular complexity index is 682. The summed E-state index contributed by atoms with van der Waals surface area (Å²) < 4.78 is 9.35. The van der Waals surface area contributed by atoms with Crippen molar-refractivity contribution in [3.8, 4) is 0 Å². The van der Waals surface area contributed by atoms with Crippen LogP contribution in [0.4, 0.5) is 0 Å². The lowest BCUT2D eigenvalue weighted by Crippen LogP contribution is -2.01. The molecule has 4 nitrogen and oxygen atoms in total. The minimum Gasteiger partial charge on any atom is -0.469 e. The summed E-state index contributed by atoms with van der Waals surface area (Å²) in [7, 11) is 2.85. The molecule has 0 atom stereocenters. The Morgan fingerprint density at radius 3 is 1.17 bits per heavy atom. The quantitative estimate of drug-likeness (QED) is 0.380. The molecule has 0 unspecified atom stereocenters. The standard InChI is InChI=1S/C25H32O4/c1-28-24(26)18-16-22-12-8-20(9-13-22)6-4-3-5-7-21-10-14-23(15-11-21)17-19-25(27)29-2/h8-15H,3-7,16-19H2,1-2H3. The van der Waals surface area contributed by atoms with Crippen molar-refractivity contribution < 1.29 is 19.1 Å². The van der Waals surface area contributed by atoms with Crippen LogP contribution < -0.4 is 0 Å². The van der Waals surface area contributed by atoms with Gasteiger partial charge in [-0.2, -0.15) is 0 Å². The molecule has 0 spiro atoms. The van der Waals surface area contributed by atoms with Crippen LogP contribution in [-0.2, 0) is 44.7 Å². The molecule has 0 aliphatic carbocycles. The highest BCUT2D eigenvalue weighted by Gasteiger charge is 2.03. The van der Waals surface area contributed by atoms with Gasteiger partial charge in [-0.05, 0) is 60.8 Å². The number of hydrogen-bond donors (Lipinski definition) is 0. The third-order valence-electron chi connectivity index (χ3n) is 5.17. The number of esters is 2. The van der Waals surface area contributed by atoms with E-state index in [0.717, 1.165) is 25.7 Å². The van der Waals surface area contributed by atoms with Crippen molar-refractivity contribution in [2.75, 3.05) is 14.2 Å². The van der Waals surface area contributed by atoms with Crippen LogP contribution in [0.1, 0.15) is 54.4 Å². The maximum Gasteiger partial charge on any atom is 0.305 e.